The fraction of sp³-hybridized carbons (Fsp3) is 0.667. The van der Waals surface area contributed by atoms with Gasteiger partial charge in [0.2, 0.25) is 17.7 Å². The quantitative estimate of drug-likeness (QED) is 0.160. The van der Waals surface area contributed by atoms with Crippen molar-refractivity contribution in [1.29, 1.82) is 0 Å². The average molecular weight is 439 g/mol. The maximum Gasteiger partial charge on any atom is 0.326 e. The number of nitrogens with two attached hydrogens (primary N) is 1. The van der Waals surface area contributed by atoms with E-state index in [0.717, 1.165) is 0 Å². The van der Waals surface area contributed by atoms with Crippen molar-refractivity contribution >= 4 is 54.1 Å². The van der Waals surface area contributed by atoms with Gasteiger partial charge in [-0.15, -0.1) is 0 Å². The molecule has 4 atom stereocenters. The van der Waals surface area contributed by atoms with E-state index < -0.39 is 60.2 Å². The smallest absolute Gasteiger partial charge is 0.326 e. The Labute approximate surface area is 172 Å². The number of carboxylic acid groups (broad SMARTS) is 2. The second kappa shape index (κ2) is 13.2. The molecule has 7 N–H and O–H groups in total. The van der Waals surface area contributed by atoms with E-state index in [4.69, 9.17) is 15.9 Å². The summed E-state index contributed by atoms with van der Waals surface area (Å²) in [6.07, 6.45) is 1.13. The number of carboxylic acids is 2. The molecular weight excluding hydrogens is 412 g/mol. The normalized spacial score (nSPS) is 14.9. The first kappa shape index (κ1) is 26.0. The number of carbonyl (C=O) groups is 5. The summed E-state index contributed by atoms with van der Waals surface area (Å²) in [6.45, 7) is 1.44. The largest absolute Gasteiger partial charge is 0.481 e. The Morgan fingerprint density at radius 3 is 1.89 bits per heavy atom. The number of carbonyl (C=O) groups excluding carboxylic acids is 3. The third-order valence-electron chi connectivity index (χ3n) is 3.47. The topological polar surface area (TPSA) is 188 Å². The fourth-order valence-electron chi connectivity index (χ4n) is 1.92. The Morgan fingerprint density at radius 2 is 1.46 bits per heavy atom. The molecule has 0 aromatic carbocycles. The van der Waals surface area contributed by atoms with E-state index in [-0.39, 0.29) is 12.2 Å². The van der Waals surface area contributed by atoms with Crippen LogP contribution in [0.2, 0.25) is 0 Å². The molecule has 0 aliphatic heterocycles. The molecule has 0 spiro atoms. The first-order valence-electron chi connectivity index (χ1n) is 8.24. The standard InChI is InChI=1S/C15H26N4O7S2/c1-7(16)12(22)19-10(6-27)14(24)17-8(3-4-28-2)13(23)18-9(15(25)26)5-11(20)21/h7-10,27H,3-6,16H2,1-2H3,(H,17,24)(H,18,23)(H,19,22)(H,20,21)(H,25,26). The van der Waals surface area contributed by atoms with Crippen LogP contribution < -0.4 is 21.7 Å². The minimum atomic E-state index is -1.64. The molecular formula is C15H26N4O7S2. The second-order valence-corrected chi connectivity index (χ2v) is 7.22. The molecule has 0 fully saturated rings. The van der Waals surface area contributed by atoms with Gasteiger partial charge in [-0.2, -0.15) is 24.4 Å². The van der Waals surface area contributed by atoms with Crippen LogP contribution in [0.1, 0.15) is 19.8 Å². The highest BCUT2D eigenvalue weighted by Gasteiger charge is 2.30. The van der Waals surface area contributed by atoms with Gasteiger partial charge in [0.1, 0.15) is 18.1 Å². The van der Waals surface area contributed by atoms with E-state index in [0.29, 0.717) is 5.75 Å². The zero-order valence-corrected chi connectivity index (χ0v) is 17.2. The van der Waals surface area contributed by atoms with Gasteiger partial charge in [-0.05, 0) is 25.4 Å². The van der Waals surface area contributed by atoms with Crippen molar-refractivity contribution < 1.29 is 34.2 Å². The molecule has 0 radical (unpaired) electrons. The summed E-state index contributed by atoms with van der Waals surface area (Å²) in [6, 6.07) is -4.67. The highest BCUT2D eigenvalue weighted by Crippen LogP contribution is 2.04. The van der Waals surface area contributed by atoms with Crippen molar-refractivity contribution in [3.8, 4) is 0 Å². The predicted octanol–water partition coefficient (Wildman–Crippen LogP) is -1.97. The lowest BCUT2D eigenvalue weighted by atomic mass is 10.1. The Hall–Kier alpha value is -1.99. The maximum atomic E-state index is 12.4. The van der Waals surface area contributed by atoms with Gasteiger partial charge >= 0.3 is 11.9 Å². The fourth-order valence-corrected chi connectivity index (χ4v) is 2.65. The SMILES string of the molecule is CSCCC(NC(=O)C(CS)NC(=O)C(C)N)C(=O)NC(CC(=O)O)C(=O)O. The summed E-state index contributed by atoms with van der Waals surface area (Å²) < 4.78 is 0. The van der Waals surface area contributed by atoms with E-state index in [2.05, 4.69) is 28.6 Å². The van der Waals surface area contributed by atoms with Gasteiger partial charge in [-0.25, -0.2) is 4.79 Å². The molecule has 4 unspecified atom stereocenters. The Balaban J connectivity index is 5.19. The van der Waals surface area contributed by atoms with Crippen LogP contribution in [0.4, 0.5) is 0 Å². The van der Waals surface area contributed by atoms with Gasteiger partial charge in [0.05, 0.1) is 12.5 Å². The molecule has 0 aromatic heterocycles. The Morgan fingerprint density at radius 1 is 0.964 bits per heavy atom. The van der Waals surface area contributed by atoms with Gasteiger partial charge in [-0.1, -0.05) is 0 Å². The minimum absolute atomic E-state index is 0.0576. The predicted molar refractivity (Wildman–Crippen MR) is 106 cm³/mol. The van der Waals surface area contributed by atoms with Crippen LogP contribution in [-0.4, -0.2) is 81.8 Å². The number of amides is 3. The van der Waals surface area contributed by atoms with Crippen molar-refractivity contribution in [3.05, 3.63) is 0 Å². The van der Waals surface area contributed by atoms with Crippen LogP contribution in [0.3, 0.4) is 0 Å². The van der Waals surface area contributed by atoms with E-state index in [1.54, 1.807) is 6.26 Å². The molecule has 0 saturated carbocycles. The molecule has 0 bridgehead atoms. The molecule has 28 heavy (non-hydrogen) atoms. The molecule has 11 nitrogen and oxygen atoms in total. The van der Waals surface area contributed by atoms with Crippen molar-refractivity contribution in [2.45, 2.75) is 43.9 Å². The van der Waals surface area contributed by atoms with Crippen LogP contribution in [0.25, 0.3) is 0 Å². The minimum Gasteiger partial charge on any atom is -0.481 e. The molecule has 3 amide bonds. The van der Waals surface area contributed by atoms with Crippen LogP contribution in [-0.2, 0) is 24.0 Å². The highest BCUT2D eigenvalue weighted by molar-refractivity contribution is 7.98. The third kappa shape index (κ3) is 9.80. The molecule has 0 rings (SSSR count). The zero-order valence-electron chi connectivity index (χ0n) is 15.5. The summed E-state index contributed by atoms with van der Waals surface area (Å²) >= 11 is 5.39. The first-order chi connectivity index (χ1) is 13.0. The monoisotopic (exact) mass is 438 g/mol. The van der Waals surface area contributed by atoms with Crippen LogP contribution in [0, 0.1) is 0 Å². The second-order valence-electron chi connectivity index (χ2n) is 5.87. The number of hydrogen-bond donors (Lipinski definition) is 7. The summed E-state index contributed by atoms with van der Waals surface area (Å²) in [5, 5.41) is 24.7. The van der Waals surface area contributed by atoms with Gasteiger partial charge in [0.15, 0.2) is 0 Å². The number of aliphatic carboxylic acids is 2. The molecule has 13 heteroatoms. The molecule has 160 valence electrons. The van der Waals surface area contributed by atoms with Crippen molar-refractivity contribution in [2.75, 3.05) is 17.8 Å². The van der Waals surface area contributed by atoms with E-state index in [1.807, 2.05) is 0 Å². The van der Waals surface area contributed by atoms with Crippen molar-refractivity contribution in [1.82, 2.24) is 16.0 Å². The van der Waals surface area contributed by atoms with Crippen LogP contribution in [0.5, 0.6) is 0 Å². The van der Waals surface area contributed by atoms with E-state index in [9.17, 15) is 24.0 Å². The number of thiol groups is 1. The summed E-state index contributed by atoms with van der Waals surface area (Å²) in [5.41, 5.74) is 5.44. The number of rotatable bonds is 13. The summed E-state index contributed by atoms with van der Waals surface area (Å²) in [7, 11) is 0. The lowest BCUT2D eigenvalue weighted by Crippen LogP contribution is -2.57. The first-order valence-corrected chi connectivity index (χ1v) is 10.3. The molecule has 0 heterocycles. The number of thioether (sulfide) groups is 1. The van der Waals surface area contributed by atoms with Crippen molar-refractivity contribution in [2.24, 2.45) is 5.73 Å². The van der Waals surface area contributed by atoms with Gasteiger partial charge in [-0.3, -0.25) is 19.2 Å². The van der Waals surface area contributed by atoms with Crippen molar-refractivity contribution in [3.63, 3.8) is 0 Å². The van der Waals surface area contributed by atoms with Gasteiger partial charge in [0.25, 0.3) is 0 Å². The van der Waals surface area contributed by atoms with Gasteiger partial charge < -0.3 is 31.9 Å². The molecule has 0 saturated heterocycles. The molecule has 0 aliphatic rings. The number of nitrogens with one attached hydrogen (secondary N) is 3. The van der Waals surface area contributed by atoms with E-state index >= 15 is 0 Å². The van der Waals surface area contributed by atoms with E-state index in [1.165, 1.54) is 18.7 Å². The molecule has 0 aromatic rings. The highest BCUT2D eigenvalue weighted by atomic mass is 32.2. The zero-order chi connectivity index (χ0) is 21.9. The van der Waals surface area contributed by atoms with Crippen LogP contribution >= 0.6 is 24.4 Å². The van der Waals surface area contributed by atoms with Crippen LogP contribution in [0.15, 0.2) is 0 Å². The Kier molecular flexibility index (Phi) is 12.3. The maximum absolute atomic E-state index is 12.4. The molecule has 0 aliphatic carbocycles. The van der Waals surface area contributed by atoms with Gasteiger partial charge in [0, 0.05) is 5.75 Å². The average Bonchev–Trinajstić information content (AvgIpc) is 2.61. The lowest BCUT2D eigenvalue weighted by Gasteiger charge is -2.24. The summed E-state index contributed by atoms with van der Waals surface area (Å²) in [4.78, 5) is 58.4. The lowest BCUT2D eigenvalue weighted by molar-refractivity contribution is -0.147. The third-order valence-corrected chi connectivity index (χ3v) is 4.48. The summed E-state index contributed by atoms with van der Waals surface area (Å²) in [5.74, 6) is -4.62. The number of hydrogen-bond acceptors (Lipinski definition) is 8. The Bertz CT molecular complexity index is 589.